The van der Waals surface area contributed by atoms with Crippen LogP contribution in [-0.2, 0) is 21.1 Å². The molecule has 208 valence electrons. The van der Waals surface area contributed by atoms with Gasteiger partial charge in [-0.2, -0.15) is 12.1 Å². The number of aryl methyl sites for hydroxylation is 1. The zero-order valence-corrected chi connectivity index (χ0v) is 25.0. The van der Waals surface area contributed by atoms with Gasteiger partial charge in [-0.15, -0.1) is 35.7 Å². The first-order valence-corrected chi connectivity index (χ1v) is 13.4. The van der Waals surface area contributed by atoms with Crippen molar-refractivity contribution in [1.82, 2.24) is 24.1 Å². The fraction of sp³-hybridized carbons (Fsp3) is 0.0588. The van der Waals surface area contributed by atoms with E-state index in [1.54, 1.807) is 12.4 Å². The minimum absolute atomic E-state index is 0. The van der Waals surface area contributed by atoms with Gasteiger partial charge in [0.1, 0.15) is 11.5 Å². The number of pyridine rings is 2. The zero-order chi connectivity index (χ0) is 27.5. The minimum Gasteiger partial charge on any atom is -0.509 e. The van der Waals surface area contributed by atoms with Crippen molar-refractivity contribution < 1.29 is 25.8 Å². The molecule has 7 aromatic rings. The first-order valence-electron chi connectivity index (χ1n) is 13.4. The van der Waals surface area contributed by atoms with Crippen molar-refractivity contribution in [3.05, 3.63) is 128 Å². The molecule has 0 unspecified atom stereocenters. The van der Waals surface area contributed by atoms with Crippen LogP contribution < -0.4 is 9.64 Å². The Bertz CT molecular complexity index is 2100. The zero-order valence-electron chi connectivity index (χ0n) is 22.7. The number of fused-ring (bicyclic) bond motifs is 6. The molecule has 8 rings (SSSR count). The second-order valence-corrected chi connectivity index (χ2v) is 9.96. The van der Waals surface area contributed by atoms with E-state index in [-0.39, 0.29) is 21.1 Å². The van der Waals surface area contributed by atoms with Crippen LogP contribution in [0, 0.1) is 32.6 Å². The van der Waals surface area contributed by atoms with Crippen LogP contribution in [0.3, 0.4) is 0 Å². The summed E-state index contributed by atoms with van der Waals surface area (Å²) >= 11 is 0. The van der Waals surface area contributed by atoms with Crippen molar-refractivity contribution in [1.29, 1.82) is 0 Å². The molecule has 0 spiro atoms. The van der Waals surface area contributed by atoms with E-state index in [9.17, 15) is 0 Å². The van der Waals surface area contributed by atoms with Gasteiger partial charge < -0.3 is 23.8 Å². The number of hydrogen-bond acceptors (Lipinski definition) is 5. The molecule has 1 aliphatic rings. The van der Waals surface area contributed by atoms with E-state index in [0.717, 1.165) is 61.9 Å². The second kappa shape index (κ2) is 10.2. The van der Waals surface area contributed by atoms with Gasteiger partial charge in [0.15, 0.2) is 0 Å². The third-order valence-electron chi connectivity index (χ3n) is 7.54. The van der Waals surface area contributed by atoms with E-state index in [0.29, 0.717) is 11.5 Å². The molecule has 0 aliphatic carbocycles. The molecule has 0 fully saturated rings. The first-order chi connectivity index (χ1) is 20.2. The molecular weight excluding hydrogens is 703 g/mol. The number of ether oxygens (including phenoxy) is 1. The Morgan fingerprint density at radius 1 is 0.762 bits per heavy atom. The molecule has 42 heavy (non-hydrogen) atoms. The van der Waals surface area contributed by atoms with Crippen LogP contribution in [0.25, 0.3) is 39.1 Å². The average molecular weight is 727 g/mol. The Morgan fingerprint density at radius 2 is 1.60 bits per heavy atom. The normalized spacial score (nSPS) is 12.0. The number of benzene rings is 3. The molecule has 0 N–H and O–H groups in total. The van der Waals surface area contributed by atoms with Crippen LogP contribution in [-0.4, -0.2) is 24.1 Å². The van der Waals surface area contributed by atoms with Crippen molar-refractivity contribution >= 4 is 33.3 Å². The third-order valence-corrected chi connectivity index (χ3v) is 7.54. The molecule has 0 radical (unpaired) electrons. The summed E-state index contributed by atoms with van der Waals surface area (Å²) < 4.78 is 10.5. The van der Waals surface area contributed by atoms with E-state index < -0.39 is 0 Å². The quantitative estimate of drug-likeness (QED) is 0.175. The number of aromatic nitrogens is 5. The first kappa shape index (κ1) is 26.1. The van der Waals surface area contributed by atoms with E-state index in [2.05, 4.69) is 69.4 Å². The van der Waals surface area contributed by atoms with E-state index in [4.69, 9.17) is 9.72 Å². The maximum Gasteiger partial charge on any atom is 0.136 e. The second-order valence-electron chi connectivity index (χ2n) is 9.96. The Morgan fingerprint density at radius 3 is 2.48 bits per heavy atom. The van der Waals surface area contributed by atoms with Gasteiger partial charge in [0.25, 0.3) is 0 Å². The number of para-hydroxylation sites is 1. The molecule has 1 aliphatic heterocycles. The topological polar surface area (TPSA) is 61.0 Å². The SMILES string of the molecule is Cc1nc2n(c1C)[CH-]N(c1[c-]c(Oc3[c-]c4c(cc3)c3cccnc3n4-c3ccccn3)ccc1)c1ccccc1-2.[Pt]. The maximum atomic E-state index is 6.37. The summed E-state index contributed by atoms with van der Waals surface area (Å²) in [5, 5.41) is 2.07. The number of nitrogens with zero attached hydrogens (tertiary/aromatic N) is 6. The largest absolute Gasteiger partial charge is 0.509 e. The molecule has 7 nitrogen and oxygen atoms in total. The summed E-state index contributed by atoms with van der Waals surface area (Å²) in [6.07, 6.45) is 3.58. The van der Waals surface area contributed by atoms with E-state index in [1.807, 2.05) is 72.2 Å². The van der Waals surface area contributed by atoms with Crippen LogP contribution >= 0.6 is 0 Å². The average Bonchev–Trinajstić information content (AvgIpc) is 3.50. The van der Waals surface area contributed by atoms with Gasteiger partial charge in [-0.3, -0.25) is 0 Å². The van der Waals surface area contributed by atoms with Crippen molar-refractivity contribution in [3.63, 3.8) is 0 Å². The number of anilines is 2. The number of imidazole rings is 1. The van der Waals surface area contributed by atoms with Gasteiger partial charge in [-0.05, 0) is 54.5 Å². The number of rotatable bonds is 4. The summed E-state index contributed by atoms with van der Waals surface area (Å²) in [6.45, 7) is 6.20. The van der Waals surface area contributed by atoms with Crippen molar-refractivity contribution in [2.24, 2.45) is 0 Å². The van der Waals surface area contributed by atoms with Gasteiger partial charge in [-0.1, -0.05) is 54.2 Å². The predicted octanol–water partition coefficient (Wildman–Crippen LogP) is 7.56. The fourth-order valence-electron chi connectivity index (χ4n) is 5.47. The van der Waals surface area contributed by atoms with Crippen molar-refractivity contribution in [2.45, 2.75) is 13.8 Å². The Hall–Kier alpha value is -4.87. The van der Waals surface area contributed by atoms with Crippen LogP contribution in [0.15, 0.2) is 97.3 Å². The smallest absolute Gasteiger partial charge is 0.136 e. The van der Waals surface area contributed by atoms with Gasteiger partial charge in [0.05, 0.1) is 0 Å². The molecular formula is C34H23N6OPt-3. The van der Waals surface area contributed by atoms with Crippen LogP contribution in [0.1, 0.15) is 11.4 Å². The standard InChI is InChI=1S/C34H23N6O.Pt/c1-22-23(2)38-21-39(30-13-4-3-11-29(30)34(38)37-22)24-9-7-10-25(19-24)41-26-15-16-27-28-12-8-18-36-33(28)40(31(27)20-26)32-14-5-6-17-35-32;/h3-18,21H,1-2H3;/q-3;. The van der Waals surface area contributed by atoms with Crippen molar-refractivity contribution in [2.75, 3.05) is 4.90 Å². The Balaban J connectivity index is 0.00000288. The van der Waals surface area contributed by atoms with Gasteiger partial charge in [-0.25, -0.2) is 9.97 Å². The van der Waals surface area contributed by atoms with Crippen molar-refractivity contribution in [3.8, 4) is 28.7 Å². The third kappa shape index (κ3) is 4.08. The summed E-state index contributed by atoms with van der Waals surface area (Å²) in [6, 6.07) is 35.0. The number of hydrogen-bond donors (Lipinski definition) is 0. The van der Waals surface area contributed by atoms with E-state index in [1.165, 1.54) is 0 Å². The van der Waals surface area contributed by atoms with E-state index >= 15 is 0 Å². The Labute approximate surface area is 257 Å². The molecule has 5 heterocycles. The Kier molecular flexibility index (Phi) is 6.32. The molecule has 0 amide bonds. The molecule has 0 atom stereocenters. The maximum absolute atomic E-state index is 6.37. The molecule has 3 aromatic carbocycles. The summed E-state index contributed by atoms with van der Waals surface area (Å²) in [7, 11) is 0. The molecule has 8 heteroatoms. The van der Waals surface area contributed by atoms with Gasteiger partial charge in [0, 0.05) is 56.5 Å². The van der Waals surface area contributed by atoms with Gasteiger partial charge >= 0.3 is 0 Å². The molecule has 0 bridgehead atoms. The van der Waals surface area contributed by atoms with Crippen LogP contribution in [0.5, 0.6) is 11.5 Å². The molecule has 4 aromatic heterocycles. The van der Waals surface area contributed by atoms with Crippen LogP contribution in [0.2, 0.25) is 0 Å². The monoisotopic (exact) mass is 726 g/mol. The molecule has 0 saturated heterocycles. The minimum atomic E-state index is 0. The summed E-state index contributed by atoms with van der Waals surface area (Å²) in [4.78, 5) is 16.2. The molecule has 0 saturated carbocycles. The summed E-state index contributed by atoms with van der Waals surface area (Å²) in [5.74, 6) is 2.89. The van der Waals surface area contributed by atoms with Crippen LogP contribution in [0.4, 0.5) is 11.4 Å². The fourth-order valence-corrected chi connectivity index (χ4v) is 5.47. The summed E-state index contributed by atoms with van der Waals surface area (Å²) in [5.41, 5.74) is 6.76. The van der Waals surface area contributed by atoms with Gasteiger partial charge in [0.2, 0.25) is 0 Å². The predicted molar refractivity (Wildman–Crippen MR) is 160 cm³/mol.